The van der Waals surface area contributed by atoms with Crippen LogP contribution in [0.15, 0.2) is 60.7 Å². The summed E-state index contributed by atoms with van der Waals surface area (Å²) in [6, 6.07) is 20.0. The molecule has 2 rings (SSSR count). The van der Waals surface area contributed by atoms with Crippen molar-refractivity contribution in [1.82, 2.24) is 0 Å². The third-order valence-electron chi connectivity index (χ3n) is 2.85. The third kappa shape index (κ3) is 165. The van der Waals surface area contributed by atoms with Crippen LogP contribution in [0, 0.1) is 0 Å². The van der Waals surface area contributed by atoms with Gasteiger partial charge >= 0.3 is 60.8 Å². The predicted octanol–water partition coefficient (Wildman–Crippen LogP) is -11.3. The predicted molar refractivity (Wildman–Crippen MR) is 155 cm³/mol. The van der Waals surface area contributed by atoms with Crippen molar-refractivity contribution >= 4 is 17.4 Å². The van der Waals surface area contributed by atoms with Gasteiger partial charge in [-0.15, -0.1) is 26.4 Å². The van der Waals surface area contributed by atoms with Gasteiger partial charge in [0.1, 0.15) is 0 Å². The molecule has 0 saturated carbocycles. The topological polar surface area (TPSA) is 188 Å². The molecule has 270 valence electrons. The van der Waals surface area contributed by atoms with E-state index >= 15 is 0 Å². The van der Waals surface area contributed by atoms with Crippen molar-refractivity contribution in [2.75, 3.05) is 122 Å². The van der Waals surface area contributed by atoms with Crippen LogP contribution >= 0.6 is 0 Å². The molecule has 0 aliphatic heterocycles. The Morgan fingerprint density at radius 3 is 0.630 bits per heavy atom. The summed E-state index contributed by atoms with van der Waals surface area (Å²) >= 11 is 0. The van der Waals surface area contributed by atoms with Crippen LogP contribution in [0.25, 0.3) is 0 Å². The monoisotopic (exact) mass is 810 g/mol. The maximum atomic E-state index is 9.40. The first-order valence-corrected chi connectivity index (χ1v) is 12.3. The van der Waals surface area contributed by atoms with E-state index in [2.05, 4.69) is 28.4 Å². The molecule has 2 N–H and O–H groups in total. The van der Waals surface area contributed by atoms with Crippen LogP contribution < -0.4 is 57.6 Å². The van der Waals surface area contributed by atoms with Crippen LogP contribution in [-0.4, -0.2) is 150 Å². The Kier molecular flexibility index (Phi) is 196. The van der Waals surface area contributed by atoms with Crippen molar-refractivity contribution < 1.29 is 140 Å². The first-order chi connectivity index (χ1) is 19.5. The molecule has 0 fully saturated rings. The first kappa shape index (κ1) is 81.2. The molecule has 2 radical (unpaired) electrons. The number of hydrogen-bond donors (Lipinski definition) is 2. The summed E-state index contributed by atoms with van der Waals surface area (Å²) in [5, 5.41) is 53.5. The fourth-order valence-electron chi connectivity index (χ4n) is 1.16. The third-order valence-corrected chi connectivity index (χ3v) is 2.85. The molecule has 0 heterocycles. The summed E-state index contributed by atoms with van der Waals surface area (Å²) in [6.07, 6.45) is 0. The second-order valence-electron chi connectivity index (χ2n) is 6.15. The van der Waals surface area contributed by atoms with Gasteiger partial charge in [0.05, 0.1) is 26.4 Å². The van der Waals surface area contributed by atoms with Gasteiger partial charge in [0.25, 0.3) is 0 Å². The van der Waals surface area contributed by atoms with Gasteiger partial charge in [0, 0.05) is 69.1 Å². The minimum absolute atomic E-state index is 0. The molecule has 0 saturated heterocycles. The van der Waals surface area contributed by atoms with Crippen LogP contribution in [0.1, 0.15) is 0 Å². The number of methoxy groups -OCH3 is 6. The van der Waals surface area contributed by atoms with Crippen LogP contribution in [-0.2, 0) is 71.9 Å². The van der Waals surface area contributed by atoms with E-state index in [9.17, 15) is 20.4 Å². The molecule has 2 aromatic rings. The summed E-state index contributed by atoms with van der Waals surface area (Å²) in [6.45, 7) is 1.95. The Morgan fingerprint density at radius 1 is 0.435 bits per heavy atom. The van der Waals surface area contributed by atoms with Crippen molar-refractivity contribution in [2.45, 2.75) is 0 Å². The minimum atomic E-state index is -0.128. The Bertz CT molecular complexity index is 387. The molecule has 2 aromatic carbocycles. The van der Waals surface area contributed by atoms with E-state index < -0.39 is 0 Å². The average Bonchev–Trinajstić information content (AvgIpc) is 3.74. The summed E-state index contributed by atoms with van der Waals surface area (Å²) in [7, 11) is 9.15. The summed E-state index contributed by atoms with van der Waals surface area (Å²) in [4.78, 5) is 0. The van der Waals surface area contributed by atoms with Gasteiger partial charge in [0.2, 0.25) is 0 Å². The van der Waals surface area contributed by atoms with Gasteiger partial charge in [-0.3, -0.25) is 0 Å². The van der Waals surface area contributed by atoms with Crippen molar-refractivity contribution in [1.29, 1.82) is 0 Å². The standard InChI is InChI=1S/2C5H5.2C3H8O2.4C3H7O2.Al.3ClH.2Ti/c2*1-2-4-5-3-1;6*1-5-3-2-4;;;;;;/h2*1-5H;2*4H,2-3H2,1H3;4*2-3H2,1H3;;3*1H;;/q2*-1;;;4*-1;+3;;;;2*+3/p-3. The number of aliphatic hydroxyl groups is 2. The van der Waals surface area contributed by atoms with E-state index in [4.69, 9.17) is 10.2 Å². The smallest absolute Gasteiger partial charge is 1.00 e. The van der Waals surface area contributed by atoms with E-state index in [-0.39, 0.29) is 138 Å². The van der Waals surface area contributed by atoms with Crippen molar-refractivity contribution in [3.05, 3.63) is 60.7 Å². The SMILES string of the molecule is COCCO.COCCO.COCC[O-].COCC[O-].COCC[O-].COCC[O-].[Al+3].[Cl-].[Cl-].[Cl-].[Ti+3].[Ti+3].c1cc[cH-]c1.c1cc[cH-]c1. The molecular weight excluding hydrogens is 757 g/mol. The van der Waals surface area contributed by atoms with E-state index in [1.165, 1.54) is 28.4 Å². The maximum absolute atomic E-state index is 9.40. The molecule has 0 aromatic heterocycles. The van der Waals surface area contributed by atoms with Crippen LogP contribution in [0.2, 0.25) is 0 Å². The fourth-order valence-corrected chi connectivity index (χ4v) is 1.16. The van der Waals surface area contributed by atoms with E-state index in [1.54, 1.807) is 14.2 Å². The van der Waals surface area contributed by atoms with Crippen molar-refractivity contribution in [3.8, 4) is 0 Å². The molecule has 0 amide bonds. The number of halogens is 3. The molecule has 0 bridgehead atoms. The van der Waals surface area contributed by atoms with Gasteiger partial charge in [-0.2, -0.15) is 36.4 Å². The van der Waals surface area contributed by atoms with Gasteiger partial charge in [-0.25, -0.2) is 24.3 Å². The Hall–Kier alpha value is 1.05. The molecule has 12 nitrogen and oxygen atoms in total. The number of aliphatic hydroxyl groups excluding tert-OH is 2. The number of hydrogen-bond acceptors (Lipinski definition) is 12. The van der Waals surface area contributed by atoms with E-state index in [0.717, 1.165) is 0 Å². The zero-order valence-electron chi connectivity index (χ0n) is 27.9. The maximum Gasteiger partial charge on any atom is 3.00 e. The molecule has 0 atom stereocenters. The van der Waals surface area contributed by atoms with Crippen LogP contribution in [0.4, 0.5) is 0 Å². The van der Waals surface area contributed by atoms with Crippen LogP contribution in [0.5, 0.6) is 0 Å². The van der Waals surface area contributed by atoms with Gasteiger partial charge in [0.15, 0.2) is 0 Å². The minimum Gasteiger partial charge on any atom is -1.00 e. The summed E-state index contributed by atoms with van der Waals surface area (Å²) < 4.78 is 26.4. The van der Waals surface area contributed by atoms with Crippen molar-refractivity contribution in [2.24, 2.45) is 0 Å². The molecule has 0 unspecified atom stereocenters. The zero-order valence-corrected chi connectivity index (χ0v) is 34.5. The molecular formula is C28H54AlCl3O12Ti2. The van der Waals surface area contributed by atoms with Crippen molar-refractivity contribution in [3.63, 3.8) is 0 Å². The first-order valence-electron chi connectivity index (χ1n) is 12.3. The van der Waals surface area contributed by atoms with Gasteiger partial charge in [-0.1, -0.05) is 0 Å². The second-order valence-corrected chi connectivity index (χ2v) is 6.15. The molecule has 0 aliphatic carbocycles. The van der Waals surface area contributed by atoms with Gasteiger partial charge < -0.3 is 96.3 Å². The Morgan fingerprint density at radius 2 is 0.609 bits per heavy atom. The zero-order chi connectivity index (χ0) is 31.8. The number of ether oxygens (including phenoxy) is 6. The van der Waals surface area contributed by atoms with Gasteiger partial charge in [-0.05, 0) is 0 Å². The normalized spacial score (nSPS) is 7.22. The molecule has 0 spiro atoms. The van der Waals surface area contributed by atoms with Crippen LogP contribution in [0.3, 0.4) is 0 Å². The molecule has 0 aliphatic rings. The van der Waals surface area contributed by atoms with E-state index in [0.29, 0.717) is 39.6 Å². The summed E-state index contributed by atoms with van der Waals surface area (Å²) in [5.74, 6) is 0. The Balaban J connectivity index is -0.0000000282. The largest absolute Gasteiger partial charge is 3.00 e. The second kappa shape index (κ2) is 111. The molecule has 18 heteroatoms. The quantitative estimate of drug-likeness (QED) is 0.153. The number of rotatable bonds is 12. The molecule has 46 heavy (non-hydrogen) atoms. The Labute approximate surface area is 337 Å². The van der Waals surface area contributed by atoms with E-state index in [1.807, 2.05) is 60.7 Å². The summed E-state index contributed by atoms with van der Waals surface area (Å²) in [5.41, 5.74) is 0. The fraction of sp³-hybridized carbons (Fsp3) is 0.643. The average molecular weight is 812 g/mol.